The maximum Gasteiger partial charge on any atom is 0.254 e. The van der Waals surface area contributed by atoms with E-state index in [0.717, 1.165) is 24.8 Å². The average Bonchev–Trinajstić information content (AvgIpc) is 3.42. The molecule has 33 heavy (non-hydrogen) atoms. The zero-order chi connectivity index (χ0) is 23.1. The molecule has 1 amide bonds. The van der Waals surface area contributed by atoms with E-state index < -0.39 is 11.2 Å². The summed E-state index contributed by atoms with van der Waals surface area (Å²) >= 11 is -1.24. The second-order valence-electron chi connectivity index (χ2n) is 8.29. The van der Waals surface area contributed by atoms with E-state index in [1.54, 1.807) is 53.7 Å². The maximum absolute atomic E-state index is 14.1. The molecule has 2 unspecified atom stereocenters. The molecule has 8 heteroatoms. The number of rotatable bonds is 4. The van der Waals surface area contributed by atoms with Gasteiger partial charge in [-0.05, 0) is 55.2 Å². The molecule has 0 radical (unpaired) electrons. The Kier molecular flexibility index (Phi) is 5.64. The first-order valence-corrected chi connectivity index (χ1v) is 12.4. The number of hydrogen-bond acceptors (Lipinski definition) is 4. The lowest BCUT2D eigenvalue weighted by atomic mass is 10.1. The van der Waals surface area contributed by atoms with Crippen molar-refractivity contribution in [3.63, 3.8) is 0 Å². The first kappa shape index (κ1) is 21.6. The highest BCUT2D eigenvalue weighted by atomic mass is 32.2. The summed E-state index contributed by atoms with van der Waals surface area (Å²) in [4.78, 5) is 24.5. The number of fused-ring (bicyclic) bond motifs is 1. The van der Waals surface area contributed by atoms with Gasteiger partial charge in [0, 0.05) is 41.7 Å². The van der Waals surface area contributed by atoms with Crippen LogP contribution in [0, 0.1) is 5.82 Å². The molecule has 0 saturated carbocycles. The maximum atomic E-state index is 14.1. The summed E-state index contributed by atoms with van der Waals surface area (Å²) in [5, 5.41) is 0.781. The number of hydrogen-bond donors (Lipinski definition) is 0. The van der Waals surface area contributed by atoms with E-state index in [2.05, 4.69) is 16.9 Å². The van der Waals surface area contributed by atoms with Crippen LogP contribution in [0.15, 0.2) is 66.0 Å². The van der Waals surface area contributed by atoms with Gasteiger partial charge in [0.25, 0.3) is 5.91 Å². The standard InChI is InChI=1S/C25H23FN4O2S/c1-16-6-5-11-29(16)24(31)17-9-10-20-22(12-17)30(15-23(20)33(2)32)25-27-13-18(14-28-25)19-7-3-4-8-21(19)26/h3-4,7-10,12-16H,5-6,11H2,1-2H3. The second kappa shape index (κ2) is 8.61. The van der Waals surface area contributed by atoms with Crippen molar-refractivity contribution in [2.24, 2.45) is 0 Å². The predicted molar refractivity (Wildman–Crippen MR) is 126 cm³/mol. The molecule has 0 bridgehead atoms. The number of aromatic nitrogens is 3. The number of halogens is 1. The monoisotopic (exact) mass is 462 g/mol. The summed E-state index contributed by atoms with van der Waals surface area (Å²) in [6, 6.07) is 12.1. The van der Waals surface area contributed by atoms with Gasteiger partial charge < -0.3 is 9.45 Å². The van der Waals surface area contributed by atoms with Crippen LogP contribution in [0.3, 0.4) is 0 Å². The Morgan fingerprint density at radius 2 is 1.94 bits per heavy atom. The van der Waals surface area contributed by atoms with Crippen molar-refractivity contribution in [2.45, 2.75) is 30.7 Å². The van der Waals surface area contributed by atoms with E-state index in [1.807, 2.05) is 17.0 Å². The predicted octanol–water partition coefficient (Wildman–Crippen LogP) is 4.59. The van der Waals surface area contributed by atoms with Gasteiger partial charge in [-0.15, -0.1) is 0 Å². The summed E-state index contributed by atoms with van der Waals surface area (Å²) in [6.07, 6.45) is 8.50. The number of nitrogens with zero attached hydrogens (tertiary/aromatic N) is 4. The molecule has 4 aromatic rings. The molecule has 2 atom stereocenters. The summed E-state index contributed by atoms with van der Waals surface area (Å²) < 4.78 is 28.3. The van der Waals surface area contributed by atoms with Crippen LogP contribution >= 0.6 is 0 Å². The number of benzene rings is 2. The number of carbonyl (C=O) groups excluding carboxylic acids is 1. The van der Waals surface area contributed by atoms with Crippen LogP contribution in [0.2, 0.25) is 0 Å². The Morgan fingerprint density at radius 1 is 1.18 bits per heavy atom. The van der Waals surface area contributed by atoms with Crippen LogP contribution in [-0.2, 0) is 11.2 Å². The molecule has 1 fully saturated rings. The van der Waals surface area contributed by atoms with Crippen molar-refractivity contribution in [1.29, 1.82) is 0 Å². The molecule has 1 aliphatic heterocycles. The fourth-order valence-corrected chi connectivity index (χ4v) is 5.14. The molecule has 1 aliphatic rings. The van der Waals surface area contributed by atoms with Gasteiger partial charge in [-0.25, -0.2) is 14.4 Å². The molecular weight excluding hydrogens is 439 g/mol. The molecule has 1 saturated heterocycles. The lowest BCUT2D eigenvalue weighted by Gasteiger charge is -2.21. The molecule has 0 aliphatic carbocycles. The fourth-order valence-electron chi connectivity index (χ4n) is 4.40. The summed E-state index contributed by atoms with van der Waals surface area (Å²) in [7, 11) is 0. The van der Waals surface area contributed by atoms with Crippen LogP contribution in [0.4, 0.5) is 4.39 Å². The van der Waals surface area contributed by atoms with Gasteiger partial charge in [0.2, 0.25) is 5.95 Å². The first-order valence-electron chi connectivity index (χ1n) is 10.8. The summed E-state index contributed by atoms with van der Waals surface area (Å²) in [5.41, 5.74) is 2.26. The SMILES string of the molecule is CC1CCCN1C(=O)c1ccc2c([S+](C)[O-])cn(-c3ncc(-c4ccccc4F)cn3)c2c1. The van der Waals surface area contributed by atoms with Gasteiger partial charge >= 0.3 is 0 Å². The van der Waals surface area contributed by atoms with E-state index in [0.29, 0.717) is 33.1 Å². The summed E-state index contributed by atoms with van der Waals surface area (Å²) in [6.45, 7) is 2.82. The van der Waals surface area contributed by atoms with E-state index in [1.165, 1.54) is 6.07 Å². The quantitative estimate of drug-likeness (QED) is 0.416. The highest BCUT2D eigenvalue weighted by molar-refractivity contribution is 7.91. The van der Waals surface area contributed by atoms with Crippen molar-refractivity contribution in [2.75, 3.05) is 12.8 Å². The molecule has 0 N–H and O–H groups in total. The number of carbonyl (C=O) groups is 1. The lowest BCUT2D eigenvalue weighted by Crippen LogP contribution is -2.33. The van der Waals surface area contributed by atoms with Gasteiger partial charge in [-0.3, -0.25) is 9.36 Å². The minimum Gasteiger partial charge on any atom is -0.612 e. The highest BCUT2D eigenvalue weighted by Gasteiger charge is 2.27. The van der Waals surface area contributed by atoms with Crippen LogP contribution in [-0.4, -0.2) is 48.7 Å². The van der Waals surface area contributed by atoms with Crippen molar-refractivity contribution in [1.82, 2.24) is 19.4 Å². The van der Waals surface area contributed by atoms with Crippen molar-refractivity contribution >= 4 is 28.0 Å². The zero-order valence-electron chi connectivity index (χ0n) is 18.4. The van der Waals surface area contributed by atoms with Crippen molar-refractivity contribution in [3.8, 4) is 17.1 Å². The Bertz CT molecular complexity index is 1340. The van der Waals surface area contributed by atoms with Crippen molar-refractivity contribution in [3.05, 3.63) is 72.4 Å². The second-order valence-corrected chi connectivity index (χ2v) is 9.64. The van der Waals surface area contributed by atoms with E-state index in [4.69, 9.17) is 0 Å². The van der Waals surface area contributed by atoms with Gasteiger partial charge in [0.1, 0.15) is 12.1 Å². The third kappa shape index (κ3) is 3.89. The molecule has 6 nitrogen and oxygen atoms in total. The largest absolute Gasteiger partial charge is 0.612 e. The third-order valence-electron chi connectivity index (χ3n) is 6.18. The topological polar surface area (TPSA) is 74.1 Å². The van der Waals surface area contributed by atoms with E-state index >= 15 is 0 Å². The van der Waals surface area contributed by atoms with Crippen LogP contribution in [0.1, 0.15) is 30.1 Å². The Morgan fingerprint density at radius 3 is 2.61 bits per heavy atom. The Hall–Kier alpha value is -3.23. The Labute approximate surface area is 194 Å². The van der Waals surface area contributed by atoms with Gasteiger partial charge in [0.15, 0.2) is 4.90 Å². The molecule has 3 heterocycles. The third-order valence-corrected chi connectivity index (χ3v) is 7.12. The van der Waals surface area contributed by atoms with Gasteiger partial charge in [0.05, 0.1) is 17.1 Å². The van der Waals surface area contributed by atoms with Crippen LogP contribution in [0.5, 0.6) is 0 Å². The molecule has 2 aromatic heterocycles. The number of likely N-dealkylation sites (tertiary alicyclic amines) is 1. The zero-order valence-corrected chi connectivity index (χ0v) is 19.2. The molecule has 168 valence electrons. The van der Waals surface area contributed by atoms with E-state index in [-0.39, 0.29) is 17.8 Å². The normalized spacial score (nSPS) is 17.0. The fraction of sp³-hybridized carbons (Fsp3) is 0.240. The van der Waals surface area contributed by atoms with Crippen LogP contribution in [0.25, 0.3) is 28.0 Å². The highest BCUT2D eigenvalue weighted by Crippen LogP contribution is 2.30. The average molecular weight is 463 g/mol. The minimum absolute atomic E-state index is 0.00959. The molecule has 5 rings (SSSR count). The Balaban J connectivity index is 1.58. The molecule has 2 aromatic carbocycles. The molecular formula is C25H23FN4O2S. The first-order chi connectivity index (χ1) is 15.9. The van der Waals surface area contributed by atoms with Gasteiger partial charge in [-0.2, -0.15) is 0 Å². The number of amides is 1. The smallest absolute Gasteiger partial charge is 0.254 e. The van der Waals surface area contributed by atoms with Crippen molar-refractivity contribution < 1.29 is 13.7 Å². The van der Waals surface area contributed by atoms with Crippen LogP contribution < -0.4 is 0 Å². The van der Waals surface area contributed by atoms with Gasteiger partial charge in [-0.1, -0.05) is 18.2 Å². The van der Waals surface area contributed by atoms with E-state index in [9.17, 15) is 13.7 Å². The summed E-state index contributed by atoms with van der Waals surface area (Å²) in [5.74, 6) is 0.00351. The minimum atomic E-state index is -1.24. The molecule has 0 spiro atoms. The lowest BCUT2D eigenvalue weighted by molar-refractivity contribution is 0.0747.